The van der Waals surface area contributed by atoms with E-state index in [2.05, 4.69) is 0 Å². The van der Waals surface area contributed by atoms with Gasteiger partial charge in [-0.25, -0.2) is 8.42 Å². The third-order valence-electron chi connectivity index (χ3n) is 3.82. The fourth-order valence-electron chi connectivity index (χ4n) is 2.60. The van der Waals surface area contributed by atoms with E-state index >= 15 is 0 Å². The average Bonchev–Trinajstić information content (AvgIpc) is 2.50. The number of hydrogen-bond acceptors (Lipinski definition) is 5. The Labute approximate surface area is 135 Å². The molecule has 0 saturated carbocycles. The summed E-state index contributed by atoms with van der Waals surface area (Å²) in [5.74, 6) is 1.70. The van der Waals surface area contributed by atoms with Gasteiger partial charge in [-0.2, -0.15) is 11.8 Å². The van der Waals surface area contributed by atoms with Crippen molar-refractivity contribution in [3.63, 3.8) is 0 Å². The van der Waals surface area contributed by atoms with Gasteiger partial charge in [0.2, 0.25) is 0 Å². The van der Waals surface area contributed by atoms with E-state index < -0.39 is 15.2 Å². The van der Waals surface area contributed by atoms with E-state index in [0.29, 0.717) is 17.3 Å². The molecule has 1 aromatic carbocycles. The highest BCUT2D eigenvalue weighted by Gasteiger charge is 2.36. The Bertz CT molecular complexity index is 563. The van der Waals surface area contributed by atoms with Gasteiger partial charge in [0.25, 0.3) is 0 Å². The lowest BCUT2D eigenvalue weighted by molar-refractivity contribution is 0.197. The van der Waals surface area contributed by atoms with Crippen LogP contribution in [0.25, 0.3) is 0 Å². The number of hydrogen-bond donors (Lipinski definition) is 1. The summed E-state index contributed by atoms with van der Waals surface area (Å²) in [5.41, 5.74) is 6.96. The highest BCUT2D eigenvalue weighted by molar-refractivity contribution is 8.01. The zero-order valence-electron chi connectivity index (χ0n) is 12.0. The predicted molar refractivity (Wildman–Crippen MR) is 90.5 cm³/mol. The van der Waals surface area contributed by atoms with E-state index in [0.717, 1.165) is 17.9 Å². The molecule has 1 aromatic rings. The van der Waals surface area contributed by atoms with Crippen LogP contribution in [0.15, 0.2) is 24.3 Å². The number of thioether (sulfide) groups is 1. The monoisotopic (exact) mass is 348 g/mol. The molecule has 2 unspecified atom stereocenters. The Kier molecular flexibility index (Phi) is 5.96. The molecule has 4 nitrogen and oxygen atoms in total. The van der Waals surface area contributed by atoms with Crippen molar-refractivity contribution in [2.24, 2.45) is 5.73 Å². The minimum absolute atomic E-state index is 0.0884. The normalized spacial score (nSPS) is 22.1. The molecule has 1 heterocycles. The number of nitrogens with two attached hydrogens (primary N) is 1. The Balaban J connectivity index is 2.32. The van der Waals surface area contributed by atoms with Gasteiger partial charge in [0.1, 0.15) is 5.37 Å². The van der Waals surface area contributed by atoms with Crippen LogP contribution in [0.4, 0.5) is 0 Å². The fraction of sp³-hybridized carbons (Fsp3) is 0.571. The lowest BCUT2D eigenvalue weighted by Gasteiger charge is -2.40. The number of rotatable bonds is 5. The molecule has 2 N–H and O–H groups in total. The molecule has 118 valence electrons. The van der Waals surface area contributed by atoms with E-state index in [9.17, 15) is 8.42 Å². The third kappa shape index (κ3) is 3.93. The van der Waals surface area contributed by atoms with Crippen LogP contribution in [0, 0.1) is 0 Å². The maximum Gasteiger partial charge on any atom is 0.166 e. The molecule has 0 aliphatic carbocycles. The maximum absolute atomic E-state index is 12.4. The second-order valence-electron chi connectivity index (χ2n) is 5.02. The largest absolute Gasteiger partial charge is 0.329 e. The summed E-state index contributed by atoms with van der Waals surface area (Å²) >= 11 is 7.62. The van der Waals surface area contributed by atoms with Gasteiger partial charge in [-0.1, -0.05) is 30.7 Å². The first kappa shape index (κ1) is 17.1. The average molecular weight is 349 g/mol. The molecular formula is C14H21ClN2O2S2. The van der Waals surface area contributed by atoms with Crippen molar-refractivity contribution in [3.8, 4) is 0 Å². The van der Waals surface area contributed by atoms with Gasteiger partial charge in [0.05, 0.1) is 0 Å². The second-order valence-corrected chi connectivity index (χ2v) is 9.06. The molecule has 0 aromatic heterocycles. The number of halogens is 1. The van der Waals surface area contributed by atoms with Crippen molar-refractivity contribution in [1.82, 2.24) is 4.90 Å². The Morgan fingerprint density at radius 2 is 2.10 bits per heavy atom. The number of nitrogens with zero attached hydrogens (tertiary/aromatic N) is 1. The zero-order chi connectivity index (χ0) is 15.5. The minimum Gasteiger partial charge on any atom is -0.329 e. The summed E-state index contributed by atoms with van der Waals surface area (Å²) in [6.45, 7) is 2.83. The summed E-state index contributed by atoms with van der Waals surface area (Å²) < 4.78 is 24.7. The number of sulfone groups is 1. The lowest BCUT2D eigenvalue weighted by atomic mass is 10.1. The van der Waals surface area contributed by atoms with Crippen LogP contribution in [-0.4, -0.2) is 49.0 Å². The van der Waals surface area contributed by atoms with Gasteiger partial charge in [0.15, 0.2) is 9.84 Å². The van der Waals surface area contributed by atoms with E-state index in [4.69, 9.17) is 17.3 Å². The van der Waals surface area contributed by atoms with Crippen LogP contribution in [0.2, 0.25) is 5.02 Å². The topological polar surface area (TPSA) is 63.4 Å². The SMILES string of the molecule is CCS(=O)(=O)C1CSCCN1C(CN)c1ccc(Cl)cc1. The summed E-state index contributed by atoms with van der Waals surface area (Å²) in [6.07, 6.45) is 0. The van der Waals surface area contributed by atoms with Crippen LogP contribution >= 0.6 is 23.4 Å². The summed E-state index contributed by atoms with van der Waals surface area (Å²) in [6, 6.07) is 7.41. The fourth-order valence-corrected chi connectivity index (χ4v) is 5.79. The van der Waals surface area contributed by atoms with E-state index in [1.54, 1.807) is 18.7 Å². The Morgan fingerprint density at radius 1 is 1.43 bits per heavy atom. The molecule has 2 atom stereocenters. The molecule has 0 radical (unpaired) electrons. The smallest absolute Gasteiger partial charge is 0.166 e. The first-order valence-electron chi connectivity index (χ1n) is 7.00. The minimum atomic E-state index is -3.12. The second kappa shape index (κ2) is 7.33. The third-order valence-corrected chi connectivity index (χ3v) is 7.38. The van der Waals surface area contributed by atoms with Gasteiger partial charge < -0.3 is 5.73 Å². The molecule has 7 heteroatoms. The van der Waals surface area contributed by atoms with Gasteiger partial charge in [-0.3, -0.25) is 4.90 Å². The summed E-state index contributed by atoms with van der Waals surface area (Å²) in [4.78, 5) is 2.04. The molecule has 1 fully saturated rings. The standard InChI is InChI=1S/C14H21ClN2O2S2/c1-2-21(18,19)14-10-20-8-7-17(14)13(9-16)11-3-5-12(15)6-4-11/h3-6,13-14H,2,7-10,16H2,1H3. The van der Waals surface area contributed by atoms with Crippen LogP contribution in [0.5, 0.6) is 0 Å². The molecular weight excluding hydrogens is 328 g/mol. The lowest BCUT2D eigenvalue weighted by Crippen LogP contribution is -2.50. The first-order valence-corrected chi connectivity index (χ1v) is 10.2. The molecule has 1 saturated heterocycles. The maximum atomic E-state index is 12.4. The Hall–Kier alpha value is -0.270. The molecule has 1 aliphatic heterocycles. The van der Waals surface area contributed by atoms with Crippen molar-refractivity contribution in [1.29, 1.82) is 0 Å². The molecule has 1 aliphatic rings. The quantitative estimate of drug-likeness (QED) is 0.883. The molecule has 21 heavy (non-hydrogen) atoms. The zero-order valence-corrected chi connectivity index (χ0v) is 14.4. The summed E-state index contributed by atoms with van der Waals surface area (Å²) in [7, 11) is -3.12. The van der Waals surface area contributed by atoms with Crippen molar-refractivity contribution < 1.29 is 8.42 Å². The van der Waals surface area contributed by atoms with Crippen LogP contribution in [0.3, 0.4) is 0 Å². The molecule has 0 amide bonds. The van der Waals surface area contributed by atoms with Crippen LogP contribution in [-0.2, 0) is 9.84 Å². The van der Waals surface area contributed by atoms with Gasteiger partial charge in [-0.05, 0) is 17.7 Å². The van der Waals surface area contributed by atoms with Gasteiger partial charge in [0, 0.05) is 41.4 Å². The van der Waals surface area contributed by atoms with Gasteiger partial charge >= 0.3 is 0 Å². The van der Waals surface area contributed by atoms with Crippen molar-refractivity contribution in [2.45, 2.75) is 18.3 Å². The van der Waals surface area contributed by atoms with Crippen LogP contribution in [0.1, 0.15) is 18.5 Å². The van der Waals surface area contributed by atoms with E-state index in [1.165, 1.54) is 0 Å². The Morgan fingerprint density at radius 3 is 2.67 bits per heavy atom. The highest BCUT2D eigenvalue weighted by Crippen LogP contribution is 2.30. The highest BCUT2D eigenvalue weighted by atomic mass is 35.5. The number of benzene rings is 1. The molecule has 0 spiro atoms. The first-order chi connectivity index (χ1) is 9.99. The van der Waals surface area contributed by atoms with Crippen molar-refractivity contribution in [3.05, 3.63) is 34.9 Å². The summed E-state index contributed by atoms with van der Waals surface area (Å²) in [5, 5.41) is 0.215. The molecule has 2 rings (SSSR count). The van der Waals surface area contributed by atoms with Gasteiger partial charge in [-0.15, -0.1) is 0 Å². The van der Waals surface area contributed by atoms with Crippen molar-refractivity contribution >= 4 is 33.2 Å². The molecule has 0 bridgehead atoms. The van der Waals surface area contributed by atoms with E-state index in [-0.39, 0.29) is 11.8 Å². The van der Waals surface area contributed by atoms with Crippen LogP contribution < -0.4 is 5.73 Å². The van der Waals surface area contributed by atoms with E-state index in [1.807, 2.05) is 29.2 Å². The predicted octanol–water partition coefficient (Wildman–Crippen LogP) is 2.15. The van der Waals surface area contributed by atoms with Crippen molar-refractivity contribution in [2.75, 3.05) is 30.3 Å².